The maximum atomic E-state index is 11.6. The summed E-state index contributed by atoms with van der Waals surface area (Å²) >= 11 is 0. The molecule has 0 amide bonds. The van der Waals surface area contributed by atoms with Crippen LogP contribution in [0.4, 0.5) is 0 Å². The van der Waals surface area contributed by atoms with Gasteiger partial charge in [0.25, 0.3) is 0 Å². The van der Waals surface area contributed by atoms with Gasteiger partial charge in [-0.05, 0) is 6.07 Å². The molecular weight excluding hydrogens is 258 g/mol. The second kappa shape index (κ2) is 5.66. The van der Waals surface area contributed by atoms with Crippen LogP contribution in [0, 0.1) is 0 Å². The fourth-order valence-electron chi connectivity index (χ4n) is 1.46. The van der Waals surface area contributed by atoms with Crippen molar-refractivity contribution in [1.29, 1.82) is 0 Å². The standard InChI is InChI=1S/C11H13NO5S/c1-16-9-5-11(18(3,14)15)10(17-2)4-8(9)6-12-7-13/h4-5H,6H2,1-3H3. The molecule has 0 aliphatic carbocycles. The number of rotatable bonds is 5. The summed E-state index contributed by atoms with van der Waals surface area (Å²) in [6.45, 7) is 0.0487. The highest BCUT2D eigenvalue weighted by Gasteiger charge is 2.18. The van der Waals surface area contributed by atoms with Crippen LogP contribution in [-0.2, 0) is 21.2 Å². The second-order valence-electron chi connectivity index (χ2n) is 3.49. The van der Waals surface area contributed by atoms with Crippen LogP contribution in [0.3, 0.4) is 0 Å². The van der Waals surface area contributed by atoms with Gasteiger partial charge in [-0.3, -0.25) is 0 Å². The lowest BCUT2D eigenvalue weighted by molar-refractivity contribution is 0.389. The van der Waals surface area contributed by atoms with E-state index in [0.29, 0.717) is 11.3 Å². The number of aliphatic imine (C=N–C) groups is 1. The molecule has 0 fully saturated rings. The fourth-order valence-corrected chi connectivity index (χ4v) is 2.29. The molecule has 0 spiro atoms. The number of nitrogens with zero attached hydrogens (tertiary/aromatic N) is 1. The monoisotopic (exact) mass is 271 g/mol. The normalized spacial score (nSPS) is 10.6. The Kier molecular flexibility index (Phi) is 4.47. The highest BCUT2D eigenvalue weighted by atomic mass is 32.2. The van der Waals surface area contributed by atoms with Gasteiger partial charge >= 0.3 is 0 Å². The Hall–Kier alpha value is -1.85. The maximum absolute atomic E-state index is 11.6. The van der Waals surface area contributed by atoms with Gasteiger partial charge in [0, 0.05) is 17.9 Å². The van der Waals surface area contributed by atoms with Crippen LogP contribution in [0.5, 0.6) is 11.5 Å². The molecule has 0 saturated heterocycles. The molecule has 1 aromatic carbocycles. The molecular formula is C11H13NO5S. The van der Waals surface area contributed by atoms with E-state index < -0.39 is 9.84 Å². The number of ether oxygens (including phenoxy) is 2. The van der Waals surface area contributed by atoms with E-state index in [1.165, 1.54) is 32.4 Å². The van der Waals surface area contributed by atoms with Crippen LogP contribution in [-0.4, -0.2) is 35.0 Å². The molecule has 0 aromatic heterocycles. The smallest absolute Gasteiger partial charge is 0.235 e. The quantitative estimate of drug-likeness (QED) is 0.588. The summed E-state index contributed by atoms with van der Waals surface area (Å²) in [6, 6.07) is 2.83. The third-order valence-corrected chi connectivity index (χ3v) is 3.40. The first-order valence-electron chi connectivity index (χ1n) is 4.92. The number of carbonyl (C=O) groups excluding carboxylic acids is 1. The van der Waals surface area contributed by atoms with Crippen molar-refractivity contribution in [2.24, 2.45) is 4.99 Å². The minimum Gasteiger partial charge on any atom is -0.496 e. The average molecular weight is 271 g/mol. The molecule has 7 heteroatoms. The van der Waals surface area contributed by atoms with Gasteiger partial charge in [0.15, 0.2) is 9.84 Å². The number of hydrogen-bond acceptors (Lipinski definition) is 6. The van der Waals surface area contributed by atoms with Crippen molar-refractivity contribution in [3.05, 3.63) is 17.7 Å². The Morgan fingerprint density at radius 3 is 2.28 bits per heavy atom. The Morgan fingerprint density at radius 1 is 1.22 bits per heavy atom. The maximum Gasteiger partial charge on any atom is 0.235 e. The SMILES string of the molecule is COc1cc(S(C)(=O)=O)c(OC)cc1CN=C=O. The third kappa shape index (κ3) is 3.09. The molecule has 1 rings (SSSR count). The summed E-state index contributed by atoms with van der Waals surface area (Å²) in [5, 5.41) is 0. The molecule has 0 atom stereocenters. The molecule has 0 N–H and O–H groups in total. The summed E-state index contributed by atoms with van der Waals surface area (Å²) in [6.07, 6.45) is 2.49. The number of benzene rings is 1. The van der Waals surface area contributed by atoms with Crippen molar-refractivity contribution in [1.82, 2.24) is 0 Å². The molecule has 98 valence electrons. The van der Waals surface area contributed by atoms with Gasteiger partial charge in [0.1, 0.15) is 16.4 Å². The molecule has 6 nitrogen and oxygen atoms in total. The molecule has 0 radical (unpaired) electrons. The second-order valence-corrected chi connectivity index (χ2v) is 5.48. The van der Waals surface area contributed by atoms with Crippen LogP contribution in [0.15, 0.2) is 22.0 Å². The van der Waals surface area contributed by atoms with Gasteiger partial charge in [0.05, 0.1) is 20.8 Å². The van der Waals surface area contributed by atoms with Crippen molar-refractivity contribution in [2.75, 3.05) is 20.5 Å². The minimum absolute atomic E-state index is 0.0284. The van der Waals surface area contributed by atoms with Crippen molar-refractivity contribution in [3.63, 3.8) is 0 Å². The zero-order valence-electron chi connectivity index (χ0n) is 10.3. The predicted octanol–water partition coefficient (Wildman–Crippen LogP) is 0.943. The number of sulfone groups is 1. The molecule has 0 aliphatic rings. The summed E-state index contributed by atoms with van der Waals surface area (Å²) in [4.78, 5) is 13.6. The molecule has 0 aliphatic heterocycles. The van der Waals surface area contributed by atoms with E-state index in [1.807, 2.05) is 0 Å². The van der Waals surface area contributed by atoms with Crippen molar-refractivity contribution in [3.8, 4) is 11.5 Å². The lowest BCUT2D eigenvalue weighted by Gasteiger charge is -2.12. The van der Waals surface area contributed by atoms with E-state index in [4.69, 9.17) is 9.47 Å². The largest absolute Gasteiger partial charge is 0.496 e. The Balaban J connectivity index is 3.46. The highest BCUT2D eigenvalue weighted by Crippen LogP contribution is 2.32. The van der Waals surface area contributed by atoms with Crippen LogP contribution in [0.1, 0.15) is 5.56 Å². The topological polar surface area (TPSA) is 82.0 Å². The van der Waals surface area contributed by atoms with E-state index in [9.17, 15) is 13.2 Å². The Labute approximate surface area is 105 Å². The summed E-state index contributed by atoms with van der Waals surface area (Å²) in [5.41, 5.74) is 0.546. The first-order valence-corrected chi connectivity index (χ1v) is 6.81. The molecule has 0 saturated carbocycles. The lowest BCUT2D eigenvalue weighted by atomic mass is 10.2. The van der Waals surface area contributed by atoms with Gasteiger partial charge in [-0.1, -0.05) is 0 Å². The Morgan fingerprint density at radius 2 is 1.83 bits per heavy atom. The summed E-state index contributed by atoms with van der Waals surface area (Å²) in [7, 11) is -0.659. The van der Waals surface area contributed by atoms with Gasteiger partial charge in [0.2, 0.25) is 6.08 Å². The predicted molar refractivity (Wildman–Crippen MR) is 64.5 cm³/mol. The number of hydrogen-bond donors (Lipinski definition) is 0. The van der Waals surface area contributed by atoms with Crippen LogP contribution < -0.4 is 9.47 Å². The van der Waals surface area contributed by atoms with Crippen LogP contribution >= 0.6 is 0 Å². The van der Waals surface area contributed by atoms with Crippen molar-refractivity contribution < 1.29 is 22.7 Å². The van der Waals surface area contributed by atoms with E-state index in [-0.39, 0.29) is 17.2 Å². The van der Waals surface area contributed by atoms with E-state index in [2.05, 4.69) is 4.99 Å². The highest BCUT2D eigenvalue weighted by molar-refractivity contribution is 7.90. The Bertz CT molecular complexity index is 588. The molecule has 0 bridgehead atoms. The van der Waals surface area contributed by atoms with E-state index in [1.54, 1.807) is 0 Å². The number of methoxy groups -OCH3 is 2. The van der Waals surface area contributed by atoms with E-state index >= 15 is 0 Å². The first kappa shape index (κ1) is 14.2. The van der Waals surface area contributed by atoms with E-state index in [0.717, 1.165) is 6.26 Å². The van der Waals surface area contributed by atoms with Crippen LogP contribution in [0.25, 0.3) is 0 Å². The van der Waals surface area contributed by atoms with Gasteiger partial charge in [-0.15, -0.1) is 0 Å². The van der Waals surface area contributed by atoms with Gasteiger partial charge < -0.3 is 9.47 Å². The summed E-state index contributed by atoms with van der Waals surface area (Å²) in [5.74, 6) is 0.518. The van der Waals surface area contributed by atoms with Crippen molar-refractivity contribution >= 4 is 15.9 Å². The van der Waals surface area contributed by atoms with Crippen LogP contribution in [0.2, 0.25) is 0 Å². The minimum atomic E-state index is -3.43. The fraction of sp³-hybridized carbons (Fsp3) is 0.364. The zero-order valence-corrected chi connectivity index (χ0v) is 11.1. The lowest BCUT2D eigenvalue weighted by Crippen LogP contribution is -2.03. The molecule has 0 unspecified atom stereocenters. The van der Waals surface area contributed by atoms with Gasteiger partial charge in [-0.2, -0.15) is 0 Å². The summed E-state index contributed by atoms with van der Waals surface area (Å²) < 4.78 is 33.3. The first-order chi connectivity index (χ1) is 8.43. The zero-order chi connectivity index (χ0) is 13.8. The van der Waals surface area contributed by atoms with Crippen molar-refractivity contribution in [2.45, 2.75) is 11.4 Å². The molecule has 18 heavy (non-hydrogen) atoms. The third-order valence-electron chi connectivity index (χ3n) is 2.28. The van der Waals surface area contributed by atoms with Gasteiger partial charge in [-0.25, -0.2) is 18.2 Å². The average Bonchev–Trinajstić information content (AvgIpc) is 2.33. The molecule has 1 aromatic rings. The number of isocyanates is 1. The molecule has 0 heterocycles.